The summed E-state index contributed by atoms with van der Waals surface area (Å²) < 4.78 is 80.1. The Kier molecular flexibility index (Phi) is 9.95. The third-order valence-corrected chi connectivity index (χ3v) is 7.16. The third kappa shape index (κ3) is 8.06. The maximum atomic E-state index is 14.4. The minimum absolute atomic E-state index is 0.0656. The van der Waals surface area contributed by atoms with Crippen molar-refractivity contribution < 1.29 is 35.6 Å². The molecule has 0 aromatic heterocycles. The number of anilines is 1. The molecule has 0 saturated carbocycles. The predicted molar refractivity (Wildman–Crippen MR) is 133 cm³/mol. The molecule has 2 unspecified atom stereocenters. The minimum Gasteiger partial charge on any atom is -0.352 e. The monoisotopic (exact) mass is 565 g/mol. The maximum absolute atomic E-state index is 14.4. The fourth-order valence-corrected chi connectivity index (χ4v) is 4.42. The average Bonchev–Trinajstić information content (AvgIpc) is 2.80. The molecule has 2 aromatic carbocycles. The number of carbonyl (C=O) groups is 2. The number of carbonyl (C=O) groups excluding carboxylic acids is 2. The number of hydrogen-bond donors (Lipinski definition) is 1. The van der Waals surface area contributed by atoms with Gasteiger partial charge in [0.05, 0.1) is 22.5 Å². The molecule has 37 heavy (non-hydrogen) atoms. The number of alkyl halides is 3. The highest BCUT2D eigenvalue weighted by Gasteiger charge is 2.35. The molecule has 0 aliphatic rings. The highest BCUT2D eigenvalue weighted by atomic mass is 35.5. The van der Waals surface area contributed by atoms with Crippen molar-refractivity contribution in [3.8, 4) is 0 Å². The molecular formula is C24H28ClF4N3O4S. The quantitative estimate of drug-likeness (QED) is 0.427. The van der Waals surface area contributed by atoms with Gasteiger partial charge in [-0.05, 0) is 44.5 Å². The fourth-order valence-electron chi connectivity index (χ4n) is 3.36. The lowest BCUT2D eigenvalue weighted by molar-refractivity contribution is -0.139. The van der Waals surface area contributed by atoms with Crippen LogP contribution < -0.4 is 9.62 Å². The second kappa shape index (κ2) is 12.1. The molecule has 0 aliphatic heterocycles. The van der Waals surface area contributed by atoms with E-state index in [4.69, 9.17) is 11.6 Å². The Balaban J connectivity index is 2.49. The van der Waals surface area contributed by atoms with E-state index in [0.717, 1.165) is 29.4 Å². The van der Waals surface area contributed by atoms with Gasteiger partial charge in [0.2, 0.25) is 21.8 Å². The van der Waals surface area contributed by atoms with E-state index in [1.807, 2.05) is 6.92 Å². The molecule has 0 aliphatic carbocycles. The van der Waals surface area contributed by atoms with Crippen LogP contribution in [0.3, 0.4) is 0 Å². The predicted octanol–water partition coefficient (Wildman–Crippen LogP) is 4.60. The second-order valence-electron chi connectivity index (χ2n) is 8.54. The van der Waals surface area contributed by atoms with Crippen molar-refractivity contribution in [2.45, 2.75) is 52.0 Å². The smallest absolute Gasteiger partial charge is 0.352 e. The number of hydrogen-bond acceptors (Lipinski definition) is 4. The number of rotatable bonds is 10. The number of halogens is 5. The lowest BCUT2D eigenvalue weighted by Crippen LogP contribution is -2.52. The van der Waals surface area contributed by atoms with Gasteiger partial charge >= 0.3 is 6.18 Å². The van der Waals surface area contributed by atoms with E-state index in [1.165, 1.54) is 25.1 Å². The Morgan fingerprint density at radius 3 is 2.27 bits per heavy atom. The number of benzene rings is 2. The summed E-state index contributed by atoms with van der Waals surface area (Å²) in [6.45, 7) is 3.66. The SMILES string of the molecule is CCC(C)NC(=O)C(C)N(Cc1ccccc1F)C(=O)CN(c1ccc(Cl)c(C(F)(F)F)c1)S(C)(=O)=O. The van der Waals surface area contributed by atoms with E-state index in [-0.39, 0.29) is 18.2 Å². The van der Waals surface area contributed by atoms with Crippen molar-refractivity contribution in [1.29, 1.82) is 0 Å². The third-order valence-electron chi connectivity index (χ3n) is 5.69. The second-order valence-corrected chi connectivity index (χ2v) is 10.9. The van der Waals surface area contributed by atoms with Crippen molar-refractivity contribution in [3.05, 3.63) is 64.4 Å². The van der Waals surface area contributed by atoms with E-state index in [1.54, 1.807) is 6.92 Å². The van der Waals surface area contributed by atoms with Gasteiger partial charge in [0, 0.05) is 18.2 Å². The summed E-state index contributed by atoms with van der Waals surface area (Å²) in [5, 5.41) is 2.07. The fraction of sp³-hybridized carbons (Fsp3) is 0.417. The summed E-state index contributed by atoms with van der Waals surface area (Å²) in [7, 11) is -4.27. The van der Waals surface area contributed by atoms with Crippen LogP contribution >= 0.6 is 11.6 Å². The molecule has 0 heterocycles. The normalized spacial score (nSPS) is 13.5. The Labute approximate surface area is 218 Å². The highest BCUT2D eigenvalue weighted by molar-refractivity contribution is 7.92. The number of amides is 2. The largest absolute Gasteiger partial charge is 0.417 e. The van der Waals surface area contributed by atoms with E-state index in [9.17, 15) is 35.6 Å². The molecule has 1 N–H and O–H groups in total. The van der Waals surface area contributed by atoms with Crippen LogP contribution in [0.5, 0.6) is 0 Å². The van der Waals surface area contributed by atoms with Gasteiger partial charge in [0.25, 0.3) is 0 Å². The Morgan fingerprint density at radius 2 is 1.73 bits per heavy atom. The van der Waals surface area contributed by atoms with Crippen LogP contribution in [0.2, 0.25) is 5.02 Å². The van der Waals surface area contributed by atoms with Crippen molar-refractivity contribution in [2.75, 3.05) is 17.1 Å². The number of nitrogens with zero attached hydrogens (tertiary/aromatic N) is 2. The number of sulfonamides is 1. The maximum Gasteiger partial charge on any atom is 0.417 e. The summed E-state index contributed by atoms with van der Waals surface area (Å²) in [4.78, 5) is 27.2. The van der Waals surface area contributed by atoms with Crippen molar-refractivity contribution in [3.63, 3.8) is 0 Å². The molecule has 7 nitrogen and oxygen atoms in total. The van der Waals surface area contributed by atoms with E-state index in [0.29, 0.717) is 16.8 Å². The molecular weight excluding hydrogens is 538 g/mol. The molecule has 0 radical (unpaired) electrons. The zero-order chi connectivity index (χ0) is 28.1. The summed E-state index contributed by atoms with van der Waals surface area (Å²) in [5.74, 6) is -2.14. The molecule has 2 amide bonds. The van der Waals surface area contributed by atoms with Crippen LogP contribution in [0.25, 0.3) is 0 Å². The molecule has 2 atom stereocenters. The van der Waals surface area contributed by atoms with Crippen LogP contribution in [0, 0.1) is 5.82 Å². The van der Waals surface area contributed by atoms with E-state index in [2.05, 4.69) is 5.32 Å². The van der Waals surface area contributed by atoms with Gasteiger partial charge < -0.3 is 10.2 Å². The van der Waals surface area contributed by atoms with Crippen molar-refractivity contribution in [1.82, 2.24) is 10.2 Å². The Bertz CT molecular complexity index is 1240. The van der Waals surface area contributed by atoms with Gasteiger partial charge in [-0.2, -0.15) is 13.2 Å². The summed E-state index contributed by atoms with van der Waals surface area (Å²) in [6, 6.07) is 6.58. The molecule has 2 aromatic rings. The average molecular weight is 566 g/mol. The Hall–Kier alpha value is -2.86. The lowest BCUT2D eigenvalue weighted by Gasteiger charge is -2.32. The minimum atomic E-state index is -4.88. The first-order valence-electron chi connectivity index (χ1n) is 11.2. The van der Waals surface area contributed by atoms with Crippen molar-refractivity contribution >= 4 is 39.1 Å². The first-order chi connectivity index (χ1) is 17.1. The molecule has 204 valence electrons. The zero-order valence-corrected chi connectivity index (χ0v) is 22.2. The topological polar surface area (TPSA) is 86.8 Å². The van der Waals surface area contributed by atoms with Gasteiger partial charge in [-0.25, -0.2) is 12.8 Å². The van der Waals surface area contributed by atoms with Gasteiger partial charge in [-0.3, -0.25) is 13.9 Å². The van der Waals surface area contributed by atoms with Gasteiger partial charge in [0.1, 0.15) is 18.4 Å². The molecule has 0 saturated heterocycles. The zero-order valence-electron chi connectivity index (χ0n) is 20.6. The van der Waals surface area contributed by atoms with Crippen LogP contribution in [-0.2, 0) is 32.3 Å². The summed E-state index contributed by atoms with van der Waals surface area (Å²) >= 11 is 5.65. The van der Waals surface area contributed by atoms with Crippen LogP contribution in [0.1, 0.15) is 38.3 Å². The van der Waals surface area contributed by atoms with Crippen molar-refractivity contribution in [2.24, 2.45) is 0 Å². The molecule has 13 heteroatoms. The van der Waals surface area contributed by atoms with Crippen LogP contribution in [0.4, 0.5) is 23.2 Å². The van der Waals surface area contributed by atoms with E-state index < -0.39 is 62.7 Å². The highest BCUT2D eigenvalue weighted by Crippen LogP contribution is 2.37. The first-order valence-corrected chi connectivity index (χ1v) is 13.5. The van der Waals surface area contributed by atoms with Crippen LogP contribution in [-0.4, -0.2) is 50.0 Å². The van der Waals surface area contributed by atoms with Crippen LogP contribution in [0.15, 0.2) is 42.5 Å². The molecule has 0 bridgehead atoms. The Morgan fingerprint density at radius 1 is 1.11 bits per heavy atom. The first kappa shape index (κ1) is 30.4. The van der Waals surface area contributed by atoms with Gasteiger partial charge in [0.15, 0.2) is 0 Å². The summed E-state index contributed by atoms with van der Waals surface area (Å²) in [6.07, 6.45) is -3.55. The molecule has 0 fully saturated rings. The summed E-state index contributed by atoms with van der Waals surface area (Å²) in [5.41, 5.74) is -1.66. The standard InChI is InChI=1S/C24H28ClF4N3O4S/c1-5-15(2)30-23(34)16(3)31(13-17-8-6-7-9-21(17)26)22(33)14-32(37(4,35)36)18-10-11-20(25)19(12-18)24(27,28)29/h6-12,15-16H,5,13-14H2,1-4H3,(H,30,34). The van der Waals surface area contributed by atoms with E-state index >= 15 is 0 Å². The van der Waals surface area contributed by atoms with Gasteiger partial charge in [-0.1, -0.05) is 36.7 Å². The number of nitrogens with one attached hydrogen (secondary N) is 1. The molecule has 2 rings (SSSR count). The molecule has 0 spiro atoms. The lowest BCUT2D eigenvalue weighted by atomic mass is 10.1. The van der Waals surface area contributed by atoms with Gasteiger partial charge in [-0.15, -0.1) is 0 Å².